The third-order valence-corrected chi connectivity index (χ3v) is 6.25. The van der Waals surface area contributed by atoms with Gasteiger partial charge in [0.05, 0.1) is 4.90 Å². The van der Waals surface area contributed by atoms with Gasteiger partial charge in [0.1, 0.15) is 0 Å². The van der Waals surface area contributed by atoms with Crippen molar-refractivity contribution >= 4 is 38.6 Å². The molecule has 0 spiro atoms. The van der Waals surface area contributed by atoms with Crippen molar-refractivity contribution in [2.24, 2.45) is 0 Å². The number of sulfonamides is 1. The van der Waals surface area contributed by atoms with Crippen LogP contribution < -0.4 is 0 Å². The largest absolute Gasteiger partial charge is 0.481 e. The molecule has 0 radical (unpaired) electrons. The smallest absolute Gasteiger partial charge is 0.303 e. The van der Waals surface area contributed by atoms with Crippen LogP contribution in [0.4, 0.5) is 0 Å². The Morgan fingerprint density at radius 3 is 2.41 bits per heavy atom. The maximum absolute atomic E-state index is 12.9. The molecule has 0 fully saturated rings. The molecule has 0 unspecified atom stereocenters. The van der Waals surface area contributed by atoms with Crippen LogP contribution in [0, 0.1) is 0 Å². The number of amides is 2. The lowest BCUT2D eigenvalue weighted by molar-refractivity contribution is -0.137. The summed E-state index contributed by atoms with van der Waals surface area (Å²) in [5, 5.41) is 9.67. The van der Waals surface area contributed by atoms with Crippen molar-refractivity contribution < 1.29 is 27.9 Å². The lowest BCUT2D eigenvalue weighted by Crippen LogP contribution is -2.41. The average molecular weight is 390 g/mol. The van der Waals surface area contributed by atoms with Crippen molar-refractivity contribution in [3.8, 4) is 0 Å². The first-order valence-electron chi connectivity index (χ1n) is 8.22. The topological polar surface area (TPSA) is 112 Å². The first kappa shape index (κ1) is 19.0. The molecule has 1 heterocycles. The Morgan fingerprint density at radius 1 is 1.11 bits per heavy atom. The predicted octanol–water partition coefficient (Wildman–Crippen LogP) is 1.55. The number of nitrogens with zero attached hydrogens (tertiary/aromatic N) is 2. The van der Waals surface area contributed by atoms with E-state index in [2.05, 4.69) is 0 Å². The van der Waals surface area contributed by atoms with E-state index in [0.29, 0.717) is 16.3 Å². The summed E-state index contributed by atoms with van der Waals surface area (Å²) < 4.78 is 26.1. The Hall–Kier alpha value is -2.78. The van der Waals surface area contributed by atoms with Gasteiger partial charge >= 0.3 is 5.97 Å². The molecule has 27 heavy (non-hydrogen) atoms. The number of carboxylic acids is 1. The first-order valence-corrected chi connectivity index (χ1v) is 9.66. The second kappa shape index (κ2) is 6.75. The predicted molar refractivity (Wildman–Crippen MR) is 97.1 cm³/mol. The van der Waals surface area contributed by atoms with E-state index in [-0.39, 0.29) is 29.8 Å². The maximum atomic E-state index is 12.9. The van der Waals surface area contributed by atoms with Crippen LogP contribution in [0.5, 0.6) is 0 Å². The van der Waals surface area contributed by atoms with Crippen molar-refractivity contribution in [1.29, 1.82) is 0 Å². The van der Waals surface area contributed by atoms with Crippen LogP contribution in [-0.2, 0) is 14.8 Å². The summed E-state index contributed by atoms with van der Waals surface area (Å²) in [5.41, 5.74) is 0.421. The molecule has 0 aromatic heterocycles. The van der Waals surface area contributed by atoms with Crippen LogP contribution in [0.3, 0.4) is 0 Å². The third-order valence-electron chi connectivity index (χ3n) is 4.45. The highest BCUT2D eigenvalue weighted by Gasteiger charge is 2.34. The molecule has 2 amide bonds. The van der Waals surface area contributed by atoms with E-state index in [4.69, 9.17) is 5.11 Å². The molecule has 1 aliphatic heterocycles. The fourth-order valence-corrected chi connectivity index (χ4v) is 4.05. The van der Waals surface area contributed by atoms with Crippen LogP contribution in [0.1, 0.15) is 33.6 Å². The molecule has 1 aliphatic rings. The van der Waals surface area contributed by atoms with E-state index >= 15 is 0 Å². The second-order valence-corrected chi connectivity index (χ2v) is 8.57. The average Bonchev–Trinajstić information content (AvgIpc) is 2.61. The summed E-state index contributed by atoms with van der Waals surface area (Å²) >= 11 is 0. The van der Waals surface area contributed by atoms with Gasteiger partial charge in [-0.05, 0) is 30.0 Å². The molecule has 0 aliphatic carbocycles. The zero-order valence-electron chi connectivity index (χ0n) is 14.8. The normalized spacial score (nSPS) is 14.3. The Balaban J connectivity index is 2.15. The maximum Gasteiger partial charge on any atom is 0.303 e. The van der Waals surface area contributed by atoms with Gasteiger partial charge in [0, 0.05) is 43.6 Å². The molecule has 0 saturated carbocycles. The van der Waals surface area contributed by atoms with E-state index < -0.39 is 27.8 Å². The fraction of sp³-hybridized carbons (Fsp3) is 0.278. The molecule has 2 aromatic carbocycles. The number of hydrogen-bond acceptors (Lipinski definition) is 5. The zero-order chi connectivity index (χ0) is 19.9. The SMILES string of the molecule is CN(C)S(=O)(=O)c1cc2c3c(cccc3c1)C(=O)N(CCCC(=O)O)C2=O. The highest BCUT2D eigenvalue weighted by molar-refractivity contribution is 7.89. The van der Waals surface area contributed by atoms with Crippen LogP contribution in [0.15, 0.2) is 35.2 Å². The van der Waals surface area contributed by atoms with Gasteiger partial charge in [-0.3, -0.25) is 19.3 Å². The molecule has 0 bridgehead atoms. The van der Waals surface area contributed by atoms with Gasteiger partial charge in [0.2, 0.25) is 10.0 Å². The lowest BCUT2D eigenvalue weighted by Gasteiger charge is -2.27. The summed E-state index contributed by atoms with van der Waals surface area (Å²) in [6, 6.07) is 7.57. The Labute approximate surface area is 156 Å². The molecule has 0 saturated heterocycles. The zero-order valence-corrected chi connectivity index (χ0v) is 15.6. The monoisotopic (exact) mass is 390 g/mol. The molecule has 9 heteroatoms. The molecule has 0 atom stereocenters. The quantitative estimate of drug-likeness (QED) is 0.749. The molecule has 2 aromatic rings. The van der Waals surface area contributed by atoms with Crippen LogP contribution >= 0.6 is 0 Å². The number of aliphatic carboxylic acids is 1. The van der Waals surface area contributed by atoms with Gasteiger partial charge in [-0.2, -0.15) is 0 Å². The minimum Gasteiger partial charge on any atom is -0.481 e. The van der Waals surface area contributed by atoms with Crippen molar-refractivity contribution in [3.05, 3.63) is 41.5 Å². The van der Waals surface area contributed by atoms with Crippen molar-refractivity contribution in [1.82, 2.24) is 9.21 Å². The van der Waals surface area contributed by atoms with Gasteiger partial charge < -0.3 is 5.11 Å². The number of benzene rings is 2. The van der Waals surface area contributed by atoms with Gasteiger partial charge in [-0.25, -0.2) is 12.7 Å². The Kier molecular flexibility index (Phi) is 4.75. The summed E-state index contributed by atoms with van der Waals surface area (Å²) in [4.78, 5) is 37.3. The van der Waals surface area contributed by atoms with E-state index in [1.165, 1.54) is 26.2 Å². The molecule has 142 valence electrons. The third kappa shape index (κ3) is 3.19. The molecule has 8 nitrogen and oxygen atoms in total. The number of carbonyl (C=O) groups excluding carboxylic acids is 2. The lowest BCUT2D eigenvalue weighted by atomic mass is 9.94. The highest BCUT2D eigenvalue weighted by atomic mass is 32.2. The molecule has 1 N–H and O–H groups in total. The summed E-state index contributed by atoms with van der Waals surface area (Å²) in [6.07, 6.45) is -0.0586. The standard InChI is InChI=1S/C18H18N2O6S/c1-19(2)27(25,26)12-9-11-5-3-6-13-16(11)14(10-12)18(24)20(17(13)23)8-4-7-15(21)22/h3,5-6,9-10H,4,7-8H2,1-2H3,(H,21,22). The van der Waals surface area contributed by atoms with E-state index in [1.54, 1.807) is 18.2 Å². The summed E-state index contributed by atoms with van der Waals surface area (Å²) in [5.74, 6) is -2.15. The van der Waals surface area contributed by atoms with Crippen LogP contribution in [-0.4, -0.2) is 61.2 Å². The summed E-state index contributed by atoms with van der Waals surface area (Å²) in [6.45, 7) is -0.0511. The minimum atomic E-state index is -3.77. The van der Waals surface area contributed by atoms with Crippen LogP contribution in [0.25, 0.3) is 10.8 Å². The molecular weight excluding hydrogens is 372 g/mol. The Bertz CT molecular complexity index is 1070. The van der Waals surface area contributed by atoms with Crippen molar-refractivity contribution in [2.45, 2.75) is 17.7 Å². The molecular formula is C18H18N2O6S. The van der Waals surface area contributed by atoms with Gasteiger partial charge in [0.25, 0.3) is 11.8 Å². The van der Waals surface area contributed by atoms with Gasteiger partial charge in [-0.1, -0.05) is 12.1 Å². The molecule has 3 rings (SSSR count). The first-order chi connectivity index (χ1) is 12.6. The van der Waals surface area contributed by atoms with Crippen LogP contribution in [0.2, 0.25) is 0 Å². The number of carbonyl (C=O) groups is 3. The van der Waals surface area contributed by atoms with E-state index in [1.807, 2.05) is 0 Å². The van der Waals surface area contributed by atoms with Gasteiger partial charge in [-0.15, -0.1) is 0 Å². The van der Waals surface area contributed by atoms with Crippen molar-refractivity contribution in [2.75, 3.05) is 20.6 Å². The Morgan fingerprint density at radius 2 is 1.78 bits per heavy atom. The van der Waals surface area contributed by atoms with Crippen molar-refractivity contribution in [3.63, 3.8) is 0 Å². The summed E-state index contributed by atoms with van der Waals surface area (Å²) in [7, 11) is -0.985. The second-order valence-electron chi connectivity index (χ2n) is 6.42. The highest BCUT2D eigenvalue weighted by Crippen LogP contribution is 2.33. The minimum absolute atomic E-state index is 0.0414. The number of rotatable bonds is 6. The number of imide groups is 1. The fourth-order valence-electron chi connectivity index (χ4n) is 3.08. The van der Waals surface area contributed by atoms with E-state index in [0.717, 1.165) is 9.21 Å². The number of carboxylic acid groups (broad SMARTS) is 1. The van der Waals surface area contributed by atoms with Gasteiger partial charge in [0.15, 0.2) is 0 Å². The number of hydrogen-bond donors (Lipinski definition) is 1. The van der Waals surface area contributed by atoms with E-state index in [9.17, 15) is 22.8 Å².